The van der Waals surface area contributed by atoms with Crippen molar-refractivity contribution in [3.05, 3.63) is 53.7 Å². The van der Waals surface area contributed by atoms with Gasteiger partial charge in [-0.15, -0.1) is 0 Å². The Kier molecular flexibility index (Phi) is 4.37. The van der Waals surface area contributed by atoms with Gasteiger partial charge in [0.05, 0.1) is 0 Å². The Labute approximate surface area is 105 Å². The number of nitrogens with one attached hydrogen (secondary N) is 1. The molecule has 0 bridgehead atoms. The van der Waals surface area contributed by atoms with E-state index in [0.29, 0.717) is 17.7 Å². The molecule has 1 aromatic rings. The zero-order valence-electron chi connectivity index (χ0n) is 10.3. The van der Waals surface area contributed by atoms with Gasteiger partial charge in [0.15, 0.2) is 0 Å². The van der Waals surface area contributed by atoms with Crippen LogP contribution in [0.5, 0.6) is 0 Å². The Morgan fingerprint density at radius 3 is 2.67 bits per heavy atom. The molecule has 0 saturated carbocycles. The van der Waals surface area contributed by atoms with Crippen LogP contribution in [-0.4, -0.2) is 6.41 Å². The van der Waals surface area contributed by atoms with E-state index in [1.807, 2.05) is 0 Å². The van der Waals surface area contributed by atoms with Gasteiger partial charge in [-0.1, -0.05) is 24.8 Å². The Morgan fingerprint density at radius 2 is 2.11 bits per heavy atom. The van der Waals surface area contributed by atoms with Gasteiger partial charge in [-0.05, 0) is 30.2 Å². The van der Waals surface area contributed by atoms with Crippen molar-refractivity contribution < 1.29 is 13.6 Å². The van der Waals surface area contributed by atoms with E-state index < -0.39 is 5.92 Å². The van der Waals surface area contributed by atoms with E-state index in [0.717, 1.165) is 12.5 Å². The van der Waals surface area contributed by atoms with Crippen LogP contribution in [0.3, 0.4) is 0 Å². The summed E-state index contributed by atoms with van der Waals surface area (Å²) in [4.78, 5) is 10.2. The Hall–Kier alpha value is -1.97. The first-order chi connectivity index (χ1) is 8.34. The lowest BCUT2D eigenvalue weighted by Crippen LogP contribution is -2.08. The third-order valence-electron chi connectivity index (χ3n) is 2.46. The van der Waals surface area contributed by atoms with E-state index in [2.05, 4.69) is 11.9 Å². The Morgan fingerprint density at radius 1 is 1.44 bits per heavy atom. The summed E-state index contributed by atoms with van der Waals surface area (Å²) in [6.07, 6.45) is 2.14. The fraction of sp³-hybridized carbons (Fsp3) is 0.214. The van der Waals surface area contributed by atoms with Gasteiger partial charge in [-0.3, -0.25) is 4.79 Å². The molecule has 0 spiro atoms. The minimum atomic E-state index is -2.87. The van der Waals surface area contributed by atoms with Crippen LogP contribution in [0.25, 0.3) is 5.57 Å². The van der Waals surface area contributed by atoms with Crippen LogP contribution in [0.15, 0.2) is 42.6 Å². The summed E-state index contributed by atoms with van der Waals surface area (Å²) >= 11 is 0. The fourth-order valence-corrected chi connectivity index (χ4v) is 1.50. The number of rotatable bonds is 5. The molecule has 96 valence electrons. The molecule has 0 aromatic heterocycles. The van der Waals surface area contributed by atoms with Crippen molar-refractivity contribution in [2.24, 2.45) is 0 Å². The SMILES string of the molecule is C=C(/C=C(\C)c1cccc(C(C)(F)F)c1)NC=O. The summed E-state index contributed by atoms with van der Waals surface area (Å²) in [5.41, 5.74) is 1.79. The Bertz CT molecular complexity index is 487. The lowest BCUT2D eigenvalue weighted by Gasteiger charge is -2.12. The third-order valence-corrected chi connectivity index (χ3v) is 2.46. The largest absolute Gasteiger partial charge is 0.329 e. The maximum Gasteiger partial charge on any atom is 0.270 e. The average Bonchev–Trinajstić information content (AvgIpc) is 2.28. The molecule has 0 unspecified atom stereocenters. The fourth-order valence-electron chi connectivity index (χ4n) is 1.50. The van der Waals surface area contributed by atoms with E-state index in [9.17, 15) is 13.6 Å². The van der Waals surface area contributed by atoms with Crippen LogP contribution in [-0.2, 0) is 10.7 Å². The van der Waals surface area contributed by atoms with Crippen molar-refractivity contribution in [1.82, 2.24) is 5.32 Å². The van der Waals surface area contributed by atoms with Crippen molar-refractivity contribution in [3.8, 4) is 0 Å². The Balaban J connectivity index is 3.03. The first-order valence-electron chi connectivity index (χ1n) is 5.40. The average molecular weight is 251 g/mol. The number of amides is 1. The van der Waals surface area contributed by atoms with Gasteiger partial charge in [-0.25, -0.2) is 8.78 Å². The number of alkyl halides is 2. The van der Waals surface area contributed by atoms with Gasteiger partial charge < -0.3 is 5.32 Å². The van der Waals surface area contributed by atoms with Crippen molar-refractivity contribution in [2.75, 3.05) is 0 Å². The van der Waals surface area contributed by atoms with Gasteiger partial charge in [0.1, 0.15) is 0 Å². The first-order valence-corrected chi connectivity index (χ1v) is 5.40. The van der Waals surface area contributed by atoms with Crippen LogP contribution in [0, 0.1) is 0 Å². The minimum absolute atomic E-state index is 0.0401. The van der Waals surface area contributed by atoms with Crippen molar-refractivity contribution in [3.63, 3.8) is 0 Å². The predicted octanol–water partition coefficient (Wildman–Crippen LogP) is 3.46. The molecule has 4 heteroatoms. The van der Waals surface area contributed by atoms with Crippen LogP contribution in [0.1, 0.15) is 25.0 Å². The van der Waals surface area contributed by atoms with Gasteiger partial charge in [-0.2, -0.15) is 0 Å². The predicted molar refractivity (Wildman–Crippen MR) is 68.0 cm³/mol. The van der Waals surface area contributed by atoms with Gasteiger partial charge in [0, 0.05) is 18.2 Å². The third kappa shape index (κ3) is 3.80. The second kappa shape index (κ2) is 5.58. The summed E-state index contributed by atoms with van der Waals surface area (Å²) in [6, 6.07) is 6.12. The first kappa shape index (κ1) is 14.1. The lowest BCUT2D eigenvalue weighted by atomic mass is 10.0. The van der Waals surface area contributed by atoms with Crippen LogP contribution in [0.4, 0.5) is 8.78 Å². The van der Waals surface area contributed by atoms with Crippen LogP contribution >= 0.6 is 0 Å². The van der Waals surface area contributed by atoms with Crippen molar-refractivity contribution in [2.45, 2.75) is 19.8 Å². The number of carbonyl (C=O) groups excluding carboxylic acids is 1. The molecule has 2 nitrogen and oxygen atoms in total. The molecule has 0 fully saturated rings. The van der Waals surface area contributed by atoms with E-state index in [1.165, 1.54) is 12.1 Å². The molecule has 1 aromatic carbocycles. The van der Waals surface area contributed by atoms with E-state index >= 15 is 0 Å². The molecule has 1 N–H and O–H groups in total. The summed E-state index contributed by atoms with van der Waals surface area (Å²) < 4.78 is 26.4. The van der Waals surface area contributed by atoms with Crippen molar-refractivity contribution in [1.29, 1.82) is 0 Å². The van der Waals surface area contributed by atoms with Gasteiger partial charge in [0.25, 0.3) is 5.92 Å². The highest BCUT2D eigenvalue weighted by atomic mass is 19.3. The second-order valence-corrected chi connectivity index (χ2v) is 4.08. The van der Waals surface area contributed by atoms with Gasteiger partial charge >= 0.3 is 0 Å². The second-order valence-electron chi connectivity index (χ2n) is 4.08. The molecule has 1 amide bonds. The summed E-state index contributed by atoms with van der Waals surface area (Å²) in [5, 5.41) is 2.39. The van der Waals surface area contributed by atoms with E-state index in [1.54, 1.807) is 25.1 Å². The molecule has 0 aliphatic heterocycles. The summed E-state index contributed by atoms with van der Waals surface area (Å²) in [5.74, 6) is -2.87. The standard InChI is InChI=1S/C14H15F2NO/c1-10(7-11(2)17-9-18)12-5-4-6-13(8-12)14(3,15)16/h4-9H,2H2,1,3H3,(H,17,18)/b10-7+. The molecule has 0 aliphatic rings. The minimum Gasteiger partial charge on any atom is -0.329 e. The monoisotopic (exact) mass is 251 g/mol. The smallest absolute Gasteiger partial charge is 0.270 e. The zero-order chi connectivity index (χ0) is 13.8. The van der Waals surface area contributed by atoms with Crippen molar-refractivity contribution >= 4 is 12.0 Å². The number of allylic oxidation sites excluding steroid dienone is 2. The van der Waals surface area contributed by atoms with Crippen LogP contribution < -0.4 is 5.32 Å². The van der Waals surface area contributed by atoms with Gasteiger partial charge in [0.2, 0.25) is 6.41 Å². The lowest BCUT2D eigenvalue weighted by molar-refractivity contribution is -0.108. The molecule has 0 aliphatic carbocycles. The molecule has 0 saturated heterocycles. The van der Waals surface area contributed by atoms with Crippen LogP contribution in [0.2, 0.25) is 0 Å². The molecule has 1 rings (SSSR count). The summed E-state index contributed by atoms with van der Waals surface area (Å²) in [7, 11) is 0. The molecule has 0 heterocycles. The normalized spacial score (nSPS) is 12.1. The van der Waals surface area contributed by atoms with E-state index in [4.69, 9.17) is 0 Å². The number of halogens is 2. The highest BCUT2D eigenvalue weighted by Crippen LogP contribution is 2.29. The van der Waals surface area contributed by atoms with E-state index in [-0.39, 0.29) is 5.56 Å². The highest BCUT2D eigenvalue weighted by molar-refractivity contribution is 5.68. The molecular formula is C14H15F2NO. The number of hydrogen-bond donors (Lipinski definition) is 1. The molecular weight excluding hydrogens is 236 g/mol. The number of benzene rings is 1. The maximum absolute atomic E-state index is 13.2. The quantitative estimate of drug-likeness (QED) is 0.630. The zero-order valence-corrected chi connectivity index (χ0v) is 10.3. The highest BCUT2D eigenvalue weighted by Gasteiger charge is 2.24. The topological polar surface area (TPSA) is 29.1 Å². The molecule has 0 radical (unpaired) electrons. The number of hydrogen-bond acceptors (Lipinski definition) is 1. The molecule has 0 atom stereocenters. The molecule has 18 heavy (non-hydrogen) atoms. The summed E-state index contributed by atoms with van der Waals surface area (Å²) in [6.45, 7) is 6.24. The maximum atomic E-state index is 13.2. The number of carbonyl (C=O) groups is 1.